The van der Waals surface area contributed by atoms with Crippen LogP contribution in [0.25, 0.3) is 11.0 Å². The molecule has 0 saturated carbocycles. The monoisotopic (exact) mass is 356 g/mol. The van der Waals surface area contributed by atoms with Gasteiger partial charge >= 0.3 is 5.63 Å². The highest BCUT2D eigenvalue weighted by Crippen LogP contribution is 2.36. The van der Waals surface area contributed by atoms with Crippen LogP contribution in [0, 0.1) is 6.92 Å². The first-order valence-corrected chi connectivity index (χ1v) is 10.2. The topological polar surface area (TPSA) is 39.4 Å². The van der Waals surface area contributed by atoms with E-state index in [-0.39, 0.29) is 11.2 Å². The van der Waals surface area contributed by atoms with Crippen molar-refractivity contribution in [3.63, 3.8) is 0 Å². The predicted octanol–water partition coefficient (Wildman–Crippen LogP) is 6.11. The number of hydrogen-bond acceptors (Lipinski definition) is 3. The lowest BCUT2D eigenvalue weighted by Gasteiger charge is -2.32. The summed E-state index contributed by atoms with van der Waals surface area (Å²) >= 11 is 0. The van der Waals surface area contributed by atoms with E-state index in [4.69, 9.17) is 9.15 Å². The lowest BCUT2D eigenvalue weighted by Crippen LogP contribution is -2.32. The Bertz CT molecular complexity index is 829. The fourth-order valence-corrected chi connectivity index (χ4v) is 3.91. The summed E-state index contributed by atoms with van der Waals surface area (Å²) < 4.78 is 11.8. The fourth-order valence-electron chi connectivity index (χ4n) is 3.91. The zero-order valence-corrected chi connectivity index (χ0v) is 16.7. The molecule has 0 N–H and O–H groups in total. The molecule has 142 valence electrons. The molecule has 1 aromatic carbocycles. The van der Waals surface area contributed by atoms with Crippen LogP contribution < -0.4 is 10.4 Å². The van der Waals surface area contributed by atoms with Crippen LogP contribution in [-0.2, 0) is 12.8 Å². The van der Waals surface area contributed by atoms with Gasteiger partial charge in [0.25, 0.3) is 0 Å². The van der Waals surface area contributed by atoms with Crippen LogP contribution in [0.2, 0.25) is 0 Å². The Morgan fingerprint density at radius 1 is 1.08 bits per heavy atom. The SMILES string of the molecule is CCCCCCCCc1c(C)c2cc3c(cc2oc1=O)OC(C)(C)CC3. The summed E-state index contributed by atoms with van der Waals surface area (Å²) in [5.41, 5.74) is 3.46. The molecule has 0 atom stereocenters. The van der Waals surface area contributed by atoms with E-state index < -0.39 is 0 Å². The summed E-state index contributed by atoms with van der Waals surface area (Å²) in [5, 5.41) is 1.06. The minimum Gasteiger partial charge on any atom is -0.487 e. The Labute approximate surface area is 156 Å². The second-order valence-electron chi connectivity index (χ2n) is 8.33. The number of fused-ring (bicyclic) bond motifs is 2. The van der Waals surface area contributed by atoms with Gasteiger partial charge in [0.2, 0.25) is 0 Å². The van der Waals surface area contributed by atoms with Gasteiger partial charge in [-0.05, 0) is 63.6 Å². The van der Waals surface area contributed by atoms with Gasteiger partial charge in [-0.2, -0.15) is 0 Å². The third-order valence-corrected chi connectivity index (χ3v) is 5.63. The molecule has 26 heavy (non-hydrogen) atoms. The van der Waals surface area contributed by atoms with Crippen molar-refractivity contribution in [2.75, 3.05) is 0 Å². The summed E-state index contributed by atoms with van der Waals surface area (Å²) in [6, 6.07) is 4.08. The third kappa shape index (κ3) is 4.13. The van der Waals surface area contributed by atoms with Gasteiger partial charge in [-0.3, -0.25) is 0 Å². The van der Waals surface area contributed by atoms with Crippen LogP contribution in [0.1, 0.15) is 82.4 Å². The van der Waals surface area contributed by atoms with Crippen molar-refractivity contribution in [3.05, 3.63) is 39.2 Å². The first-order valence-electron chi connectivity index (χ1n) is 10.2. The molecule has 0 spiro atoms. The summed E-state index contributed by atoms with van der Waals surface area (Å²) in [6.45, 7) is 8.50. The molecule has 3 heteroatoms. The molecule has 0 bridgehead atoms. The number of hydrogen-bond donors (Lipinski definition) is 0. The van der Waals surface area contributed by atoms with Gasteiger partial charge in [-0.25, -0.2) is 4.79 Å². The van der Waals surface area contributed by atoms with Crippen molar-refractivity contribution in [3.8, 4) is 5.75 Å². The number of rotatable bonds is 7. The first-order chi connectivity index (χ1) is 12.4. The van der Waals surface area contributed by atoms with Crippen LogP contribution >= 0.6 is 0 Å². The second-order valence-corrected chi connectivity index (χ2v) is 8.33. The van der Waals surface area contributed by atoms with Crippen molar-refractivity contribution in [1.29, 1.82) is 0 Å². The molecule has 0 aliphatic carbocycles. The maximum absolute atomic E-state index is 12.5. The van der Waals surface area contributed by atoms with Gasteiger partial charge in [0.15, 0.2) is 0 Å². The third-order valence-electron chi connectivity index (χ3n) is 5.63. The van der Waals surface area contributed by atoms with Gasteiger partial charge < -0.3 is 9.15 Å². The number of aryl methyl sites for hydroxylation is 2. The summed E-state index contributed by atoms with van der Waals surface area (Å²) in [4.78, 5) is 12.5. The van der Waals surface area contributed by atoms with Gasteiger partial charge in [-0.1, -0.05) is 39.0 Å². The molecule has 2 aromatic rings. The highest BCUT2D eigenvalue weighted by Gasteiger charge is 2.27. The van der Waals surface area contributed by atoms with Gasteiger partial charge in [0, 0.05) is 17.0 Å². The molecule has 3 rings (SSSR count). The molecule has 1 aromatic heterocycles. The van der Waals surface area contributed by atoms with Crippen molar-refractivity contribution in [2.45, 2.75) is 91.1 Å². The molecule has 3 nitrogen and oxygen atoms in total. The molecular formula is C23H32O3. The molecule has 0 amide bonds. The van der Waals surface area contributed by atoms with Crippen molar-refractivity contribution < 1.29 is 9.15 Å². The minimum absolute atomic E-state index is 0.159. The second kappa shape index (κ2) is 7.85. The Morgan fingerprint density at radius 2 is 1.81 bits per heavy atom. The van der Waals surface area contributed by atoms with Crippen molar-refractivity contribution in [1.82, 2.24) is 0 Å². The summed E-state index contributed by atoms with van der Waals surface area (Å²) in [7, 11) is 0. The van der Waals surface area contributed by atoms with E-state index in [1.165, 1.54) is 37.7 Å². The Morgan fingerprint density at radius 3 is 2.58 bits per heavy atom. The fraction of sp³-hybridized carbons (Fsp3) is 0.609. The zero-order chi connectivity index (χ0) is 18.7. The normalized spacial score (nSPS) is 15.7. The molecule has 1 aliphatic rings. The van der Waals surface area contributed by atoms with E-state index in [0.717, 1.165) is 47.9 Å². The van der Waals surface area contributed by atoms with E-state index in [1.54, 1.807) is 0 Å². The lowest BCUT2D eigenvalue weighted by molar-refractivity contribution is 0.0848. The Balaban J connectivity index is 1.82. The molecule has 0 saturated heterocycles. The highest BCUT2D eigenvalue weighted by atomic mass is 16.5. The van der Waals surface area contributed by atoms with Crippen molar-refractivity contribution in [2.24, 2.45) is 0 Å². The highest BCUT2D eigenvalue weighted by molar-refractivity contribution is 5.83. The number of benzene rings is 1. The van der Waals surface area contributed by atoms with E-state index in [9.17, 15) is 4.79 Å². The van der Waals surface area contributed by atoms with Gasteiger partial charge in [0.1, 0.15) is 16.9 Å². The zero-order valence-electron chi connectivity index (χ0n) is 16.7. The average molecular weight is 357 g/mol. The maximum atomic E-state index is 12.5. The van der Waals surface area contributed by atoms with E-state index in [2.05, 4.69) is 33.8 Å². The molecule has 1 aliphatic heterocycles. The molecule has 0 radical (unpaired) electrons. The number of unbranched alkanes of at least 4 members (excludes halogenated alkanes) is 5. The van der Waals surface area contributed by atoms with Crippen LogP contribution in [0.5, 0.6) is 5.75 Å². The number of ether oxygens (including phenoxy) is 1. The Hall–Kier alpha value is -1.77. The van der Waals surface area contributed by atoms with Gasteiger partial charge in [0.05, 0.1) is 0 Å². The standard InChI is InChI=1S/C23H32O3/c1-5-6-7-8-9-10-11-18-16(2)19-14-17-12-13-23(3,4)26-20(17)15-21(19)25-22(18)24/h14-15H,5-13H2,1-4H3. The van der Waals surface area contributed by atoms with Crippen LogP contribution in [-0.4, -0.2) is 5.60 Å². The largest absolute Gasteiger partial charge is 0.487 e. The smallest absolute Gasteiger partial charge is 0.339 e. The van der Waals surface area contributed by atoms with E-state index in [0.29, 0.717) is 5.58 Å². The molecule has 2 heterocycles. The van der Waals surface area contributed by atoms with E-state index in [1.807, 2.05) is 6.07 Å². The molecule has 0 fully saturated rings. The summed E-state index contributed by atoms with van der Waals surface area (Å²) in [5.74, 6) is 0.861. The molecule has 0 unspecified atom stereocenters. The lowest BCUT2D eigenvalue weighted by atomic mass is 9.92. The predicted molar refractivity (Wildman–Crippen MR) is 107 cm³/mol. The van der Waals surface area contributed by atoms with Crippen molar-refractivity contribution >= 4 is 11.0 Å². The molecular weight excluding hydrogens is 324 g/mol. The van der Waals surface area contributed by atoms with Gasteiger partial charge in [-0.15, -0.1) is 0 Å². The Kier molecular flexibility index (Phi) is 5.74. The maximum Gasteiger partial charge on any atom is 0.339 e. The van der Waals surface area contributed by atoms with E-state index >= 15 is 0 Å². The first kappa shape index (κ1) is 19.0. The minimum atomic E-state index is -0.182. The quantitative estimate of drug-likeness (QED) is 0.444. The van der Waals surface area contributed by atoms with Crippen LogP contribution in [0.15, 0.2) is 21.3 Å². The van der Waals surface area contributed by atoms with Crippen LogP contribution in [0.4, 0.5) is 0 Å². The average Bonchev–Trinajstić information content (AvgIpc) is 2.58. The van der Waals surface area contributed by atoms with Crippen LogP contribution in [0.3, 0.4) is 0 Å². The summed E-state index contributed by atoms with van der Waals surface area (Å²) in [6.07, 6.45) is 10.2.